The number of benzene rings is 1. The van der Waals surface area contributed by atoms with Gasteiger partial charge in [0.2, 0.25) is 0 Å². The number of hydrogen-bond acceptors (Lipinski definition) is 1. The molecule has 72 valence electrons. The third-order valence-electron chi connectivity index (χ3n) is 1.97. The predicted octanol–water partition coefficient (Wildman–Crippen LogP) is 2.13. The summed E-state index contributed by atoms with van der Waals surface area (Å²) in [5, 5.41) is 2.81. The van der Waals surface area contributed by atoms with Gasteiger partial charge in [0.1, 0.15) is 0 Å². The van der Waals surface area contributed by atoms with Gasteiger partial charge in [-0.1, -0.05) is 0 Å². The monoisotopic (exact) mass is 209 g/mol. The minimum Gasteiger partial charge on any atom is -0.308 e. The summed E-state index contributed by atoms with van der Waals surface area (Å²) < 4.78 is 38.1. The lowest BCUT2D eigenvalue weighted by atomic mass is 10.1. The second-order valence-electron chi connectivity index (χ2n) is 2.73. The van der Waals surface area contributed by atoms with Crippen molar-refractivity contribution < 1.29 is 13.2 Å². The first-order valence-electron chi connectivity index (χ1n) is 3.56. The summed E-state index contributed by atoms with van der Waals surface area (Å²) in [6.45, 7) is 0.682. The molecule has 0 atom stereocenters. The van der Waals surface area contributed by atoms with Gasteiger partial charge in [-0.3, -0.25) is 0 Å². The maximum Gasteiger partial charge on any atom is 0.194 e. The molecule has 5 heteroatoms. The van der Waals surface area contributed by atoms with Crippen molar-refractivity contribution in [1.82, 2.24) is 5.32 Å². The molecule has 1 aliphatic heterocycles. The minimum atomic E-state index is -1.38. The van der Waals surface area contributed by atoms with E-state index in [1.54, 1.807) is 0 Å². The van der Waals surface area contributed by atoms with E-state index < -0.39 is 17.5 Å². The Labute approximate surface area is 79.4 Å². The van der Waals surface area contributed by atoms with Crippen molar-refractivity contribution in [2.24, 2.45) is 0 Å². The van der Waals surface area contributed by atoms with Crippen molar-refractivity contribution in [1.29, 1.82) is 0 Å². The van der Waals surface area contributed by atoms with Gasteiger partial charge in [-0.2, -0.15) is 0 Å². The first kappa shape index (κ1) is 10.3. The molecule has 0 amide bonds. The van der Waals surface area contributed by atoms with Gasteiger partial charge in [0, 0.05) is 18.7 Å². The third-order valence-corrected chi connectivity index (χ3v) is 1.97. The lowest BCUT2D eigenvalue weighted by molar-refractivity contribution is 0.441. The molecule has 1 aromatic carbocycles. The lowest BCUT2D eigenvalue weighted by Gasteiger charge is -2.01. The van der Waals surface area contributed by atoms with Crippen LogP contribution in [0.5, 0.6) is 0 Å². The van der Waals surface area contributed by atoms with Crippen molar-refractivity contribution in [2.75, 3.05) is 0 Å². The molecule has 0 bridgehead atoms. The zero-order valence-electron chi connectivity index (χ0n) is 6.53. The standard InChI is InChI=1S/C8H6F3N.ClH/c9-6-1-4-2-12-3-5(4)7(10)8(6)11;/h1,12H,2-3H2;1H. The van der Waals surface area contributed by atoms with Crippen LogP contribution in [0.15, 0.2) is 6.07 Å². The Morgan fingerprint density at radius 3 is 2.46 bits per heavy atom. The summed E-state index contributed by atoms with van der Waals surface area (Å²) in [5.74, 6) is -3.55. The number of rotatable bonds is 0. The Balaban J connectivity index is 0.000000845. The topological polar surface area (TPSA) is 12.0 Å². The summed E-state index contributed by atoms with van der Waals surface area (Å²) in [5.41, 5.74) is 0.750. The molecule has 1 N–H and O–H groups in total. The fraction of sp³-hybridized carbons (Fsp3) is 0.250. The average Bonchev–Trinajstić information content (AvgIpc) is 2.48. The number of hydrogen-bond donors (Lipinski definition) is 1. The molecule has 0 aliphatic carbocycles. The van der Waals surface area contributed by atoms with Crippen LogP contribution in [0.1, 0.15) is 11.1 Å². The second-order valence-corrected chi connectivity index (χ2v) is 2.73. The molecule has 13 heavy (non-hydrogen) atoms. The van der Waals surface area contributed by atoms with E-state index in [9.17, 15) is 13.2 Å². The molecular weight excluding hydrogens is 203 g/mol. The van der Waals surface area contributed by atoms with Crippen molar-refractivity contribution >= 4 is 12.4 Å². The molecule has 0 unspecified atom stereocenters. The van der Waals surface area contributed by atoms with Crippen LogP contribution in [0.2, 0.25) is 0 Å². The van der Waals surface area contributed by atoms with Gasteiger partial charge in [-0.05, 0) is 11.6 Å². The van der Waals surface area contributed by atoms with E-state index in [1.807, 2.05) is 0 Å². The SMILES string of the molecule is Cl.Fc1cc2c(c(F)c1F)CNC2. The molecule has 1 heterocycles. The van der Waals surface area contributed by atoms with E-state index in [0.29, 0.717) is 12.1 Å². The maximum absolute atomic E-state index is 12.9. The average molecular weight is 210 g/mol. The summed E-state index contributed by atoms with van der Waals surface area (Å²) in [6.07, 6.45) is 0. The van der Waals surface area contributed by atoms with Crippen LogP contribution in [-0.2, 0) is 13.1 Å². The van der Waals surface area contributed by atoms with Crippen molar-refractivity contribution in [3.8, 4) is 0 Å². The van der Waals surface area contributed by atoms with E-state index in [-0.39, 0.29) is 24.5 Å². The molecule has 0 fully saturated rings. The quantitative estimate of drug-likeness (QED) is 0.646. The maximum atomic E-state index is 12.9. The molecular formula is C8H7ClF3N. The largest absolute Gasteiger partial charge is 0.308 e. The number of fused-ring (bicyclic) bond motifs is 1. The van der Waals surface area contributed by atoms with Gasteiger partial charge in [0.15, 0.2) is 17.5 Å². The Kier molecular flexibility index (Phi) is 2.83. The van der Waals surface area contributed by atoms with Crippen LogP contribution < -0.4 is 5.32 Å². The normalized spacial score (nSPS) is 13.8. The van der Waals surface area contributed by atoms with Crippen LogP contribution in [0.3, 0.4) is 0 Å². The Morgan fingerprint density at radius 2 is 1.77 bits per heavy atom. The van der Waals surface area contributed by atoms with Gasteiger partial charge in [0.25, 0.3) is 0 Å². The van der Waals surface area contributed by atoms with E-state index >= 15 is 0 Å². The summed E-state index contributed by atoms with van der Waals surface area (Å²) in [6, 6.07) is 1.04. The fourth-order valence-corrected chi connectivity index (χ4v) is 1.35. The van der Waals surface area contributed by atoms with E-state index in [4.69, 9.17) is 0 Å². The van der Waals surface area contributed by atoms with Gasteiger partial charge in [0.05, 0.1) is 0 Å². The van der Waals surface area contributed by atoms with Crippen LogP contribution in [0, 0.1) is 17.5 Å². The zero-order valence-corrected chi connectivity index (χ0v) is 7.35. The minimum absolute atomic E-state index is 0. The van der Waals surface area contributed by atoms with Gasteiger partial charge >= 0.3 is 0 Å². The highest BCUT2D eigenvalue weighted by Crippen LogP contribution is 2.23. The molecule has 0 saturated heterocycles. The first-order chi connectivity index (χ1) is 5.70. The fourth-order valence-electron chi connectivity index (χ4n) is 1.35. The third kappa shape index (κ3) is 1.51. The molecule has 0 saturated carbocycles. The number of halogens is 4. The lowest BCUT2D eigenvalue weighted by Crippen LogP contribution is -2.01. The summed E-state index contributed by atoms with van der Waals surface area (Å²) >= 11 is 0. The Hall–Kier alpha value is -0.740. The highest BCUT2D eigenvalue weighted by atomic mass is 35.5. The van der Waals surface area contributed by atoms with Gasteiger partial charge in [-0.25, -0.2) is 13.2 Å². The van der Waals surface area contributed by atoms with Crippen molar-refractivity contribution in [3.63, 3.8) is 0 Å². The molecule has 1 aliphatic rings. The van der Waals surface area contributed by atoms with E-state index in [2.05, 4.69) is 5.32 Å². The van der Waals surface area contributed by atoms with Gasteiger partial charge in [-0.15, -0.1) is 12.4 Å². The van der Waals surface area contributed by atoms with E-state index in [1.165, 1.54) is 0 Å². The molecule has 1 nitrogen and oxygen atoms in total. The Morgan fingerprint density at radius 1 is 1.08 bits per heavy atom. The first-order valence-corrected chi connectivity index (χ1v) is 3.56. The van der Waals surface area contributed by atoms with Gasteiger partial charge < -0.3 is 5.32 Å². The smallest absolute Gasteiger partial charge is 0.194 e. The highest BCUT2D eigenvalue weighted by Gasteiger charge is 2.21. The van der Waals surface area contributed by atoms with Crippen molar-refractivity contribution in [2.45, 2.75) is 13.1 Å². The summed E-state index contributed by atoms with van der Waals surface area (Å²) in [4.78, 5) is 0. The van der Waals surface area contributed by atoms with E-state index in [0.717, 1.165) is 6.07 Å². The second kappa shape index (κ2) is 3.55. The molecule has 0 aromatic heterocycles. The molecule has 0 radical (unpaired) electrons. The van der Waals surface area contributed by atoms with Crippen molar-refractivity contribution in [3.05, 3.63) is 34.6 Å². The molecule has 2 rings (SSSR count). The molecule has 1 aromatic rings. The number of nitrogens with one attached hydrogen (secondary N) is 1. The summed E-state index contributed by atoms with van der Waals surface area (Å²) in [7, 11) is 0. The molecule has 0 spiro atoms. The van der Waals surface area contributed by atoms with Crippen LogP contribution in [-0.4, -0.2) is 0 Å². The Bertz CT molecular complexity index is 341. The zero-order chi connectivity index (χ0) is 8.72. The van der Waals surface area contributed by atoms with Crippen LogP contribution in [0.25, 0.3) is 0 Å². The predicted molar refractivity (Wildman–Crippen MR) is 44.1 cm³/mol. The highest BCUT2D eigenvalue weighted by molar-refractivity contribution is 5.85. The van der Waals surface area contributed by atoms with Crippen LogP contribution in [0.4, 0.5) is 13.2 Å². The van der Waals surface area contributed by atoms with Crippen LogP contribution >= 0.6 is 12.4 Å².